The second-order valence-electron chi connectivity index (χ2n) is 5.88. The van der Waals surface area contributed by atoms with E-state index in [1.165, 1.54) is 6.42 Å². The first-order chi connectivity index (χ1) is 9.70. The van der Waals surface area contributed by atoms with Crippen LogP contribution < -0.4 is 5.32 Å². The molecule has 20 heavy (non-hydrogen) atoms. The van der Waals surface area contributed by atoms with Gasteiger partial charge in [0.1, 0.15) is 5.69 Å². The van der Waals surface area contributed by atoms with Crippen molar-refractivity contribution in [1.82, 2.24) is 25.3 Å². The summed E-state index contributed by atoms with van der Waals surface area (Å²) in [6.07, 6.45) is 5.13. The molecule has 3 heterocycles. The predicted octanol–water partition coefficient (Wildman–Crippen LogP) is 1.89. The molecule has 3 rings (SSSR count). The van der Waals surface area contributed by atoms with E-state index in [2.05, 4.69) is 27.5 Å². The van der Waals surface area contributed by atoms with Crippen molar-refractivity contribution >= 4 is 0 Å². The second kappa shape index (κ2) is 5.71. The third-order valence-electron chi connectivity index (χ3n) is 3.85. The van der Waals surface area contributed by atoms with Crippen molar-refractivity contribution in [3.8, 4) is 11.3 Å². The largest absolute Gasteiger partial charge is 0.316 e. The summed E-state index contributed by atoms with van der Waals surface area (Å²) in [6.45, 7) is 7.42. The minimum atomic E-state index is 0.643. The van der Waals surface area contributed by atoms with Gasteiger partial charge in [0, 0.05) is 24.0 Å². The van der Waals surface area contributed by atoms with Gasteiger partial charge in [-0.15, -0.1) is 5.10 Å². The van der Waals surface area contributed by atoms with Crippen molar-refractivity contribution in [3.05, 3.63) is 30.2 Å². The highest BCUT2D eigenvalue weighted by Gasteiger charge is 2.19. The molecule has 5 heteroatoms. The number of rotatable bonds is 3. The Morgan fingerprint density at radius 1 is 1.35 bits per heavy atom. The summed E-state index contributed by atoms with van der Waals surface area (Å²) < 4.78 is 1.96. The van der Waals surface area contributed by atoms with E-state index in [0.717, 1.165) is 42.5 Å². The first kappa shape index (κ1) is 13.2. The van der Waals surface area contributed by atoms with Crippen LogP contribution in [0.3, 0.4) is 0 Å². The number of piperidine rings is 1. The molecule has 1 fully saturated rings. The molecular formula is C15H21N5. The summed E-state index contributed by atoms with van der Waals surface area (Å²) in [5.41, 5.74) is 2.94. The first-order valence-electron chi connectivity index (χ1n) is 7.24. The Hall–Kier alpha value is -1.75. The fraction of sp³-hybridized carbons (Fsp3) is 0.533. The lowest BCUT2D eigenvalue weighted by molar-refractivity contribution is 0.266. The summed E-state index contributed by atoms with van der Waals surface area (Å²) in [6, 6.07) is 4.04. The number of aromatic nitrogens is 4. The van der Waals surface area contributed by atoms with Crippen molar-refractivity contribution < 1.29 is 0 Å². The molecule has 1 aliphatic heterocycles. The molecule has 0 saturated carbocycles. The quantitative estimate of drug-likeness (QED) is 0.926. The van der Waals surface area contributed by atoms with Gasteiger partial charge >= 0.3 is 0 Å². The number of nitrogens with zero attached hydrogens (tertiary/aromatic N) is 4. The molecule has 1 aliphatic rings. The van der Waals surface area contributed by atoms with Crippen LogP contribution in [-0.4, -0.2) is 33.1 Å². The Labute approximate surface area is 119 Å². The average molecular weight is 271 g/mol. The molecule has 0 aromatic carbocycles. The van der Waals surface area contributed by atoms with Crippen LogP contribution in [0.5, 0.6) is 0 Å². The van der Waals surface area contributed by atoms with Crippen molar-refractivity contribution in [3.63, 3.8) is 0 Å². The Bertz CT molecular complexity index is 560. The second-order valence-corrected chi connectivity index (χ2v) is 5.88. The number of nitrogens with one attached hydrogen (secondary N) is 1. The van der Waals surface area contributed by atoms with Crippen LogP contribution >= 0.6 is 0 Å². The zero-order valence-electron chi connectivity index (χ0n) is 12.1. The third-order valence-corrected chi connectivity index (χ3v) is 3.85. The summed E-state index contributed by atoms with van der Waals surface area (Å²) in [4.78, 5) is 4.30. The van der Waals surface area contributed by atoms with Crippen LogP contribution in [0, 0.1) is 18.8 Å². The summed E-state index contributed by atoms with van der Waals surface area (Å²) in [5, 5.41) is 12.0. The molecule has 2 aromatic rings. The summed E-state index contributed by atoms with van der Waals surface area (Å²) >= 11 is 0. The molecule has 106 valence electrons. The minimum Gasteiger partial charge on any atom is -0.316 e. The smallest absolute Gasteiger partial charge is 0.114 e. The van der Waals surface area contributed by atoms with Gasteiger partial charge < -0.3 is 5.32 Å². The summed E-state index contributed by atoms with van der Waals surface area (Å²) in [5.74, 6) is 1.39. The monoisotopic (exact) mass is 271 g/mol. The average Bonchev–Trinajstić information content (AvgIpc) is 2.88. The van der Waals surface area contributed by atoms with E-state index >= 15 is 0 Å². The van der Waals surface area contributed by atoms with Gasteiger partial charge in [-0.25, -0.2) is 0 Å². The lowest BCUT2D eigenvalue weighted by Crippen LogP contribution is -2.37. The molecule has 5 nitrogen and oxygen atoms in total. The maximum Gasteiger partial charge on any atom is 0.114 e. The molecule has 0 amide bonds. The van der Waals surface area contributed by atoms with Crippen LogP contribution in [0.1, 0.15) is 19.0 Å². The Morgan fingerprint density at radius 3 is 3.00 bits per heavy atom. The number of hydrogen-bond acceptors (Lipinski definition) is 4. The van der Waals surface area contributed by atoms with Gasteiger partial charge in [0.25, 0.3) is 0 Å². The molecule has 0 aliphatic carbocycles. The lowest BCUT2D eigenvalue weighted by atomic mass is 9.92. The maximum atomic E-state index is 4.30. The molecule has 1 saturated heterocycles. The molecule has 0 spiro atoms. The maximum absolute atomic E-state index is 4.30. The van der Waals surface area contributed by atoms with E-state index in [1.807, 2.05) is 36.1 Å². The summed E-state index contributed by atoms with van der Waals surface area (Å²) in [7, 11) is 0. The van der Waals surface area contributed by atoms with E-state index in [9.17, 15) is 0 Å². The SMILES string of the molecule is Cc1ccc(-c2cn(CC3CNCC(C)C3)nn2)cn1. The highest BCUT2D eigenvalue weighted by molar-refractivity contribution is 5.56. The number of aryl methyl sites for hydroxylation is 1. The highest BCUT2D eigenvalue weighted by Crippen LogP contribution is 2.19. The number of hydrogen-bond donors (Lipinski definition) is 1. The number of pyridine rings is 1. The Morgan fingerprint density at radius 2 is 2.25 bits per heavy atom. The van der Waals surface area contributed by atoms with E-state index in [4.69, 9.17) is 0 Å². The van der Waals surface area contributed by atoms with Crippen molar-refractivity contribution in [1.29, 1.82) is 0 Å². The van der Waals surface area contributed by atoms with E-state index in [-0.39, 0.29) is 0 Å². The van der Waals surface area contributed by atoms with Crippen molar-refractivity contribution in [2.24, 2.45) is 11.8 Å². The van der Waals surface area contributed by atoms with Crippen LogP contribution in [0.2, 0.25) is 0 Å². The van der Waals surface area contributed by atoms with Crippen molar-refractivity contribution in [2.45, 2.75) is 26.8 Å². The molecule has 2 atom stereocenters. The van der Waals surface area contributed by atoms with Crippen molar-refractivity contribution in [2.75, 3.05) is 13.1 Å². The molecular weight excluding hydrogens is 250 g/mol. The Kier molecular flexibility index (Phi) is 3.78. The highest BCUT2D eigenvalue weighted by atomic mass is 15.4. The standard InChI is InChI=1S/C15H21N5/c1-11-5-13(7-16-6-11)9-20-10-15(18-19-20)14-4-3-12(2)17-8-14/h3-4,8,10-11,13,16H,5-7,9H2,1-2H3. The fourth-order valence-corrected chi connectivity index (χ4v) is 2.81. The Balaban J connectivity index is 1.69. The fourth-order valence-electron chi connectivity index (χ4n) is 2.81. The van der Waals surface area contributed by atoms with Crippen LogP contribution in [0.4, 0.5) is 0 Å². The van der Waals surface area contributed by atoms with Gasteiger partial charge in [0.15, 0.2) is 0 Å². The van der Waals surface area contributed by atoms with Gasteiger partial charge in [-0.05, 0) is 50.4 Å². The normalized spacial score (nSPS) is 22.9. The van der Waals surface area contributed by atoms with E-state index in [1.54, 1.807) is 0 Å². The zero-order valence-corrected chi connectivity index (χ0v) is 12.1. The molecule has 1 N–H and O–H groups in total. The van der Waals surface area contributed by atoms with Gasteiger partial charge in [0.2, 0.25) is 0 Å². The molecule has 0 radical (unpaired) electrons. The van der Waals surface area contributed by atoms with Crippen LogP contribution in [0.25, 0.3) is 11.3 Å². The van der Waals surface area contributed by atoms with E-state index in [0.29, 0.717) is 5.92 Å². The van der Waals surface area contributed by atoms with Gasteiger partial charge in [-0.3, -0.25) is 9.67 Å². The van der Waals surface area contributed by atoms with Gasteiger partial charge in [-0.1, -0.05) is 12.1 Å². The van der Waals surface area contributed by atoms with Crippen LogP contribution in [0.15, 0.2) is 24.5 Å². The third kappa shape index (κ3) is 3.04. The predicted molar refractivity (Wildman–Crippen MR) is 78.1 cm³/mol. The van der Waals surface area contributed by atoms with Gasteiger partial charge in [-0.2, -0.15) is 0 Å². The molecule has 2 unspecified atom stereocenters. The topological polar surface area (TPSA) is 55.6 Å². The van der Waals surface area contributed by atoms with Gasteiger partial charge in [0.05, 0.1) is 6.20 Å². The zero-order chi connectivity index (χ0) is 13.9. The minimum absolute atomic E-state index is 0.643. The van der Waals surface area contributed by atoms with E-state index < -0.39 is 0 Å². The van der Waals surface area contributed by atoms with Crippen LogP contribution in [-0.2, 0) is 6.54 Å². The first-order valence-corrected chi connectivity index (χ1v) is 7.24. The molecule has 0 bridgehead atoms. The lowest BCUT2D eigenvalue weighted by Gasteiger charge is -2.27. The molecule has 2 aromatic heterocycles.